The van der Waals surface area contributed by atoms with Gasteiger partial charge in [-0.1, -0.05) is 12.1 Å². The number of hydrogen-bond acceptors (Lipinski definition) is 3. The third-order valence-electron chi connectivity index (χ3n) is 3.26. The summed E-state index contributed by atoms with van der Waals surface area (Å²) in [6.45, 7) is 0.138. The van der Waals surface area contributed by atoms with E-state index in [4.69, 9.17) is 10.2 Å². The van der Waals surface area contributed by atoms with Gasteiger partial charge in [-0.25, -0.2) is 0 Å². The van der Waals surface area contributed by atoms with Gasteiger partial charge in [0.25, 0.3) is 0 Å². The maximum Gasteiger partial charge on any atom is 0.307 e. The Morgan fingerprint density at radius 3 is 2.74 bits per heavy atom. The standard InChI is InChI=1S/C14H17NO4/c16-6-2-4-9-3-1-5-10(7-9)15-13(17)11-8-12(11)14(18)19/h1,3,5,7,11-12,16H,2,4,6,8H2,(H,15,17)(H,18,19)/t11-,12+/m1/s1. The number of carboxylic acid groups (broad SMARTS) is 1. The Morgan fingerprint density at radius 2 is 2.11 bits per heavy atom. The Morgan fingerprint density at radius 1 is 1.32 bits per heavy atom. The van der Waals surface area contributed by atoms with Gasteiger partial charge >= 0.3 is 5.97 Å². The van der Waals surface area contributed by atoms with E-state index in [0.717, 1.165) is 12.0 Å². The van der Waals surface area contributed by atoms with Crippen molar-refractivity contribution in [2.45, 2.75) is 19.3 Å². The molecule has 0 spiro atoms. The number of carbonyl (C=O) groups is 2. The molecule has 1 amide bonds. The number of benzene rings is 1. The Kier molecular flexibility index (Phi) is 4.16. The van der Waals surface area contributed by atoms with Gasteiger partial charge < -0.3 is 15.5 Å². The van der Waals surface area contributed by atoms with Gasteiger partial charge in [0.05, 0.1) is 11.8 Å². The first kappa shape index (κ1) is 13.5. The first-order chi connectivity index (χ1) is 9.11. The zero-order chi connectivity index (χ0) is 13.8. The van der Waals surface area contributed by atoms with Crippen LogP contribution in [0.15, 0.2) is 24.3 Å². The van der Waals surface area contributed by atoms with Crippen LogP contribution >= 0.6 is 0 Å². The molecule has 0 aromatic heterocycles. The highest BCUT2D eigenvalue weighted by Gasteiger charge is 2.48. The van der Waals surface area contributed by atoms with Crippen molar-refractivity contribution in [3.8, 4) is 0 Å². The van der Waals surface area contributed by atoms with Crippen molar-refractivity contribution >= 4 is 17.6 Å². The number of carbonyl (C=O) groups excluding carboxylic acids is 1. The number of aliphatic hydroxyl groups excluding tert-OH is 1. The lowest BCUT2D eigenvalue weighted by Gasteiger charge is -2.06. The van der Waals surface area contributed by atoms with E-state index < -0.39 is 17.8 Å². The second kappa shape index (κ2) is 5.84. The molecule has 0 radical (unpaired) electrons. The Balaban J connectivity index is 1.92. The number of aliphatic hydroxyl groups is 1. The fraction of sp³-hybridized carbons (Fsp3) is 0.429. The summed E-state index contributed by atoms with van der Waals surface area (Å²) >= 11 is 0. The van der Waals surface area contributed by atoms with Gasteiger partial charge in [0.2, 0.25) is 5.91 Å². The van der Waals surface area contributed by atoms with Crippen LogP contribution in [0.2, 0.25) is 0 Å². The average molecular weight is 263 g/mol. The van der Waals surface area contributed by atoms with Crippen LogP contribution in [0.5, 0.6) is 0 Å². The molecule has 2 atom stereocenters. The van der Waals surface area contributed by atoms with E-state index in [1.54, 1.807) is 6.07 Å². The average Bonchev–Trinajstić information content (AvgIpc) is 3.17. The first-order valence-corrected chi connectivity index (χ1v) is 6.35. The summed E-state index contributed by atoms with van der Waals surface area (Å²) in [5, 5.41) is 20.3. The van der Waals surface area contributed by atoms with Gasteiger partial charge in [-0.2, -0.15) is 0 Å². The lowest BCUT2D eigenvalue weighted by Crippen LogP contribution is -2.16. The highest BCUT2D eigenvalue weighted by molar-refractivity contribution is 5.98. The molecule has 19 heavy (non-hydrogen) atoms. The molecule has 0 aliphatic heterocycles. The van der Waals surface area contributed by atoms with Crippen molar-refractivity contribution in [1.29, 1.82) is 0 Å². The predicted molar refractivity (Wildman–Crippen MR) is 69.7 cm³/mol. The van der Waals surface area contributed by atoms with Crippen LogP contribution in [0.1, 0.15) is 18.4 Å². The SMILES string of the molecule is O=C(O)[C@H]1C[C@H]1C(=O)Nc1cccc(CCCO)c1. The summed E-state index contributed by atoms with van der Waals surface area (Å²) in [5.74, 6) is -2.07. The van der Waals surface area contributed by atoms with Crippen molar-refractivity contribution < 1.29 is 19.8 Å². The number of hydrogen-bond donors (Lipinski definition) is 3. The lowest BCUT2D eigenvalue weighted by molar-refractivity contribution is -0.139. The van der Waals surface area contributed by atoms with Crippen LogP contribution in [0.3, 0.4) is 0 Å². The number of carboxylic acids is 1. The second-order valence-electron chi connectivity index (χ2n) is 4.80. The zero-order valence-corrected chi connectivity index (χ0v) is 10.5. The molecule has 102 valence electrons. The van der Waals surface area contributed by atoms with Crippen LogP contribution in [0.25, 0.3) is 0 Å². The molecule has 1 saturated carbocycles. The van der Waals surface area contributed by atoms with Crippen molar-refractivity contribution in [1.82, 2.24) is 0 Å². The Labute approximate surface area is 111 Å². The maximum absolute atomic E-state index is 11.8. The maximum atomic E-state index is 11.8. The van der Waals surface area contributed by atoms with Gasteiger partial charge in [-0.15, -0.1) is 0 Å². The molecule has 2 rings (SSSR count). The summed E-state index contributed by atoms with van der Waals surface area (Å²) < 4.78 is 0. The van der Waals surface area contributed by atoms with E-state index in [-0.39, 0.29) is 12.5 Å². The molecule has 1 aromatic rings. The van der Waals surface area contributed by atoms with Gasteiger partial charge in [-0.3, -0.25) is 9.59 Å². The zero-order valence-electron chi connectivity index (χ0n) is 10.5. The third-order valence-corrected chi connectivity index (χ3v) is 3.26. The molecule has 1 fully saturated rings. The fourth-order valence-electron chi connectivity index (χ4n) is 2.08. The molecule has 5 heteroatoms. The summed E-state index contributed by atoms with van der Waals surface area (Å²) in [7, 11) is 0. The van der Waals surface area contributed by atoms with Crippen LogP contribution in [0.4, 0.5) is 5.69 Å². The third kappa shape index (κ3) is 3.54. The number of amides is 1. The topological polar surface area (TPSA) is 86.6 Å². The largest absolute Gasteiger partial charge is 0.481 e. The van der Waals surface area contributed by atoms with E-state index in [2.05, 4.69) is 5.32 Å². The van der Waals surface area contributed by atoms with Gasteiger partial charge in [0.1, 0.15) is 0 Å². The quantitative estimate of drug-likeness (QED) is 0.721. The fourth-order valence-corrected chi connectivity index (χ4v) is 2.08. The molecular formula is C14H17NO4. The predicted octanol–water partition coefficient (Wildman–Crippen LogP) is 1.27. The molecule has 1 aliphatic carbocycles. The molecule has 1 aromatic carbocycles. The van der Waals surface area contributed by atoms with Gasteiger partial charge in [0.15, 0.2) is 0 Å². The van der Waals surface area contributed by atoms with Crippen LogP contribution in [-0.4, -0.2) is 28.7 Å². The van der Waals surface area contributed by atoms with Crippen molar-refractivity contribution in [3.63, 3.8) is 0 Å². The smallest absolute Gasteiger partial charge is 0.307 e. The van der Waals surface area contributed by atoms with Crippen molar-refractivity contribution in [2.24, 2.45) is 11.8 Å². The highest BCUT2D eigenvalue weighted by atomic mass is 16.4. The number of anilines is 1. The summed E-state index contributed by atoms with van der Waals surface area (Å²) in [4.78, 5) is 22.5. The Hall–Kier alpha value is -1.88. The molecule has 1 aliphatic rings. The number of nitrogens with one attached hydrogen (secondary N) is 1. The number of aryl methyl sites for hydroxylation is 1. The minimum Gasteiger partial charge on any atom is -0.481 e. The molecule has 0 unspecified atom stereocenters. The van der Waals surface area contributed by atoms with Gasteiger partial charge in [0, 0.05) is 12.3 Å². The van der Waals surface area contributed by atoms with Crippen molar-refractivity contribution in [2.75, 3.05) is 11.9 Å². The minimum absolute atomic E-state index is 0.138. The summed E-state index contributed by atoms with van der Waals surface area (Å²) in [6.07, 6.45) is 1.86. The normalized spacial score (nSPS) is 20.9. The van der Waals surface area contributed by atoms with Crippen LogP contribution in [-0.2, 0) is 16.0 Å². The van der Waals surface area contributed by atoms with E-state index in [9.17, 15) is 9.59 Å². The molecule has 0 bridgehead atoms. The molecular weight excluding hydrogens is 246 g/mol. The first-order valence-electron chi connectivity index (χ1n) is 6.35. The minimum atomic E-state index is -0.906. The molecule has 5 nitrogen and oxygen atoms in total. The monoisotopic (exact) mass is 263 g/mol. The number of aliphatic carboxylic acids is 1. The van der Waals surface area contributed by atoms with E-state index >= 15 is 0 Å². The van der Waals surface area contributed by atoms with Crippen molar-refractivity contribution in [3.05, 3.63) is 29.8 Å². The highest BCUT2D eigenvalue weighted by Crippen LogP contribution is 2.39. The van der Waals surface area contributed by atoms with E-state index in [1.807, 2.05) is 18.2 Å². The number of rotatable bonds is 6. The second-order valence-corrected chi connectivity index (χ2v) is 4.80. The molecule has 0 saturated heterocycles. The van der Waals surface area contributed by atoms with Crippen LogP contribution < -0.4 is 5.32 Å². The van der Waals surface area contributed by atoms with Crippen LogP contribution in [0, 0.1) is 11.8 Å². The summed E-state index contributed by atoms with van der Waals surface area (Å²) in [6, 6.07) is 7.40. The van der Waals surface area contributed by atoms with E-state index in [0.29, 0.717) is 18.5 Å². The molecule has 3 N–H and O–H groups in total. The van der Waals surface area contributed by atoms with E-state index in [1.165, 1.54) is 0 Å². The lowest BCUT2D eigenvalue weighted by atomic mass is 10.1. The molecule has 0 heterocycles. The summed E-state index contributed by atoms with van der Waals surface area (Å²) in [5.41, 5.74) is 1.72. The van der Waals surface area contributed by atoms with Gasteiger partial charge in [-0.05, 0) is 37.0 Å². The Bertz CT molecular complexity index is 486.